The molecule has 0 bridgehead atoms. The highest BCUT2D eigenvalue weighted by Crippen LogP contribution is 2.37. The molecule has 0 spiro atoms. The van der Waals surface area contributed by atoms with E-state index in [2.05, 4.69) is 6.07 Å². The van der Waals surface area contributed by atoms with E-state index in [1.807, 2.05) is 19.9 Å². The van der Waals surface area contributed by atoms with Gasteiger partial charge in [0, 0.05) is 6.42 Å². The van der Waals surface area contributed by atoms with Gasteiger partial charge in [-0.25, -0.2) is 0 Å². The summed E-state index contributed by atoms with van der Waals surface area (Å²) >= 11 is 0. The summed E-state index contributed by atoms with van der Waals surface area (Å²) in [7, 11) is 0. The third-order valence-electron chi connectivity index (χ3n) is 2.61. The largest absolute Gasteiger partial charge is 0.298 e. The van der Waals surface area contributed by atoms with Crippen LogP contribution in [0.4, 0.5) is 0 Å². The standard InChI is InChI=1S/C11H15NO/c1-9(2)5-7-11(8-12)6-3-4-10(11)13/h5H,3-4,6-7H2,1-2H3/t11-/m0/s1. The minimum absolute atomic E-state index is 0.132. The van der Waals surface area contributed by atoms with Crippen molar-refractivity contribution in [3.8, 4) is 6.07 Å². The summed E-state index contributed by atoms with van der Waals surface area (Å²) in [5.74, 6) is 0.132. The summed E-state index contributed by atoms with van der Waals surface area (Å²) in [4.78, 5) is 11.5. The number of ketones is 1. The molecule has 1 atom stereocenters. The van der Waals surface area contributed by atoms with Crippen LogP contribution >= 0.6 is 0 Å². The van der Waals surface area contributed by atoms with Crippen molar-refractivity contribution in [2.24, 2.45) is 5.41 Å². The Bertz CT molecular complexity index is 281. The number of nitriles is 1. The number of allylic oxidation sites excluding steroid dienone is 2. The topological polar surface area (TPSA) is 40.9 Å². The zero-order valence-corrected chi connectivity index (χ0v) is 8.26. The molecule has 13 heavy (non-hydrogen) atoms. The molecular weight excluding hydrogens is 162 g/mol. The van der Waals surface area contributed by atoms with E-state index in [9.17, 15) is 4.79 Å². The molecule has 0 heterocycles. The maximum absolute atomic E-state index is 11.5. The van der Waals surface area contributed by atoms with Crippen LogP contribution in [0.2, 0.25) is 0 Å². The van der Waals surface area contributed by atoms with Crippen LogP contribution in [0.15, 0.2) is 11.6 Å². The lowest BCUT2D eigenvalue weighted by molar-refractivity contribution is -0.123. The second-order valence-electron chi connectivity index (χ2n) is 3.96. The molecule has 0 aromatic rings. The molecule has 1 fully saturated rings. The highest BCUT2D eigenvalue weighted by Gasteiger charge is 2.41. The molecule has 0 aromatic heterocycles. The molecule has 1 rings (SSSR count). The highest BCUT2D eigenvalue weighted by atomic mass is 16.1. The zero-order valence-electron chi connectivity index (χ0n) is 8.26. The van der Waals surface area contributed by atoms with E-state index in [0.717, 1.165) is 12.8 Å². The summed E-state index contributed by atoms with van der Waals surface area (Å²) < 4.78 is 0. The summed E-state index contributed by atoms with van der Waals surface area (Å²) in [6.07, 6.45) is 4.80. The Morgan fingerprint density at radius 3 is 2.77 bits per heavy atom. The van der Waals surface area contributed by atoms with E-state index < -0.39 is 5.41 Å². The van der Waals surface area contributed by atoms with Gasteiger partial charge < -0.3 is 0 Å². The van der Waals surface area contributed by atoms with E-state index in [0.29, 0.717) is 12.8 Å². The van der Waals surface area contributed by atoms with Crippen LogP contribution in [-0.4, -0.2) is 5.78 Å². The first kappa shape index (κ1) is 9.98. The first-order chi connectivity index (χ1) is 6.10. The van der Waals surface area contributed by atoms with Crippen LogP contribution in [-0.2, 0) is 4.79 Å². The van der Waals surface area contributed by atoms with Crippen molar-refractivity contribution in [3.63, 3.8) is 0 Å². The monoisotopic (exact) mass is 177 g/mol. The average Bonchev–Trinajstić information content (AvgIpc) is 2.45. The van der Waals surface area contributed by atoms with Crippen molar-refractivity contribution in [3.05, 3.63) is 11.6 Å². The van der Waals surface area contributed by atoms with Gasteiger partial charge >= 0.3 is 0 Å². The molecule has 0 aliphatic heterocycles. The van der Waals surface area contributed by atoms with Crippen molar-refractivity contribution >= 4 is 5.78 Å². The number of rotatable bonds is 2. The number of hydrogen-bond donors (Lipinski definition) is 0. The average molecular weight is 177 g/mol. The normalized spacial score (nSPS) is 27.0. The molecule has 0 amide bonds. The lowest BCUT2D eigenvalue weighted by Gasteiger charge is -2.15. The highest BCUT2D eigenvalue weighted by molar-refractivity contribution is 5.89. The molecule has 1 saturated carbocycles. The summed E-state index contributed by atoms with van der Waals surface area (Å²) in [5.41, 5.74) is 0.492. The lowest BCUT2D eigenvalue weighted by atomic mass is 9.83. The number of hydrogen-bond acceptors (Lipinski definition) is 2. The van der Waals surface area contributed by atoms with Gasteiger partial charge in [-0.2, -0.15) is 5.26 Å². The quantitative estimate of drug-likeness (QED) is 0.608. The van der Waals surface area contributed by atoms with Crippen LogP contribution in [0.5, 0.6) is 0 Å². The molecule has 0 radical (unpaired) electrons. The summed E-state index contributed by atoms with van der Waals surface area (Å²) in [6, 6.07) is 2.19. The van der Waals surface area contributed by atoms with Gasteiger partial charge in [-0.15, -0.1) is 0 Å². The molecule has 0 N–H and O–H groups in total. The summed E-state index contributed by atoms with van der Waals surface area (Å²) in [5, 5.41) is 9.00. The van der Waals surface area contributed by atoms with Gasteiger partial charge in [-0.3, -0.25) is 4.79 Å². The minimum Gasteiger partial charge on any atom is -0.298 e. The van der Waals surface area contributed by atoms with Crippen molar-refractivity contribution in [2.75, 3.05) is 0 Å². The van der Waals surface area contributed by atoms with Crippen molar-refractivity contribution in [2.45, 2.75) is 39.5 Å². The smallest absolute Gasteiger partial charge is 0.153 e. The maximum Gasteiger partial charge on any atom is 0.153 e. The van der Waals surface area contributed by atoms with Crippen molar-refractivity contribution in [1.29, 1.82) is 5.26 Å². The Hall–Kier alpha value is -1.10. The maximum atomic E-state index is 11.5. The third kappa shape index (κ3) is 1.98. The second kappa shape index (κ2) is 3.74. The Morgan fingerprint density at radius 1 is 1.69 bits per heavy atom. The van der Waals surface area contributed by atoms with Crippen molar-refractivity contribution in [1.82, 2.24) is 0 Å². The molecule has 70 valence electrons. The van der Waals surface area contributed by atoms with E-state index in [-0.39, 0.29) is 5.78 Å². The molecule has 1 aliphatic rings. The van der Waals surface area contributed by atoms with Gasteiger partial charge in [0.15, 0.2) is 5.78 Å². The predicted octanol–water partition coefficient (Wildman–Crippen LogP) is 2.61. The molecule has 0 unspecified atom stereocenters. The van der Waals surface area contributed by atoms with E-state index >= 15 is 0 Å². The fraction of sp³-hybridized carbons (Fsp3) is 0.636. The number of carbonyl (C=O) groups excluding carboxylic acids is 1. The van der Waals surface area contributed by atoms with Crippen LogP contribution in [0, 0.1) is 16.7 Å². The Kier molecular flexibility index (Phi) is 2.87. The van der Waals surface area contributed by atoms with Crippen LogP contribution in [0.3, 0.4) is 0 Å². The first-order valence-electron chi connectivity index (χ1n) is 4.69. The molecule has 2 heteroatoms. The van der Waals surface area contributed by atoms with Gasteiger partial charge in [0.05, 0.1) is 6.07 Å². The molecule has 0 saturated heterocycles. The third-order valence-corrected chi connectivity index (χ3v) is 2.61. The molecule has 0 aromatic carbocycles. The number of nitrogens with zero attached hydrogens (tertiary/aromatic N) is 1. The van der Waals surface area contributed by atoms with Gasteiger partial charge in [0.2, 0.25) is 0 Å². The molecular formula is C11H15NO. The molecule has 2 nitrogen and oxygen atoms in total. The SMILES string of the molecule is CC(C)=CC[C@]1(C#N)CCCC1=O. The van der Waals surface area contributed by atoms with E-state index in [1.54, 1.807) is 0 Å². The van der Waals surface area contributed by atoms with Crippen LogP contribution < -0.4 is 0 Å². The van der Waals surface area contributed by atoms with Crippen molar-refractivity contribution < 1.29 is 4.79 Å². The van der Waals surface area contributed by atoms with Gasteiger partial charge in [0.25, 0.3) is 0 Å². The summed E-state index contributed by atoms with van der Waals surface area (Å²) in [6.45, 7) is 3.98. The predicted molar refractivity (Wildman–Crippen MR) is 51.0 cm³/mol. The zero-order chi connectivity index (χ0) is 9.90. The van der Waals surface area contributed by atoms with Gasteiger partial charge in [0.1, 0.15) is 5.41 Å². The van der Waals surface area contributed by atoms with Crippen LogP contribution in [0.1, 0.15) is 39.5 Å². The Labute approximate surface area is 79.2 Å². The van der Waals surface area contributed by atoms with E-state index in [1.165, 1.54) is 5.57 Å². The van der Waals surface area contributed by atoms with E-state index in [4.69, 9.17) is 5.26 Å². The lowest BCUT2D eigenvalue weighted by Crippen LogP contribution is -2.22. The minimum atomic E-state index is -0.683. The van der Waals surface area contributed by atoms with Gasteiger partial charge in [-0.05, 0) is 33.1 Å². The fourth-order valence-corrected chi connectivity index (χ4v) is 1.69. The fourth-order valence-electron chi connectivity index (χ4n) is 1.69. The Morgan fingerprint density at radius 2 is 2.38 bits per heavy atom. The number of carbonyl (C=O) groups is 1. The van der Waals surface area contributed by atoms with Crippen LogP contribution in [0.25, 0.3) is 0 Å². The first-order valence-corrected chi connectivity index (χ1v) is 4.69. The number of Topliss-reactive ketones (excluding diaryl/α,β-unsaturated/α-hetero) is 1. The molecule has 1 aliphatic carbocycles. The van der Waals surface area contributed by atoms with Gasteiger partial charge in [-0.1, -0.05) is 11.6 Å². The second-order valence-corrected chi connectivity index (χ2v) is 3.96. The Balaban J connectivity index is 2.78.